The maximum Gasteiger partial charge on any atom is 0.213 e. The molecule has 26 heavy (non-hydrogen) atoms. The Morgan fingerprint density at radius 2 is 1.85 bits per heavy atom. The van der Waals surface area contributed by atoms with Gasteiger partial charge in [0.2, 0.25) is 5.79 Å². The van der Waals surface area contributed by atoms with Crippen molar-refractivity contribution < 1.29 is 14.0 Å². The van der Waals surface area contributed by atoms with Gasteiger partial charge in [-0.15, -0.1) is 0 Å². The van der Waals surface area contributed by atoms with Gasteiger partial charge in [-0.25, -0.2) is 0 Å². The number of hydrogen-bond acceptors (Lipinski definition) is 4. The third-order valence-corrected chi connectivity index (χ3v) is 8.26. The summed E-state index contributed by atoms with van der Waals surface area (Å²) in [6, 6.07) is 7.46. The Kier molecular flexibility index (Phi) is 4.68. The van der Waals surface area contributed by atoms with Crippen molar-refractivity contribution in [1.29, 1.82) is 0 Å². The molecule has 5 rings (SSSR count). The first kappa shape index (κ1) is 17.4. The van der Waals surface area contributed by atoms with Gasteiger partial charge in [-0.2, -0.15) is 0 Å². The first-order valence-electron chi connectivity index (χ1n) is 10.3. The molecule has 1 spiro atoms. The number of hydrogen-bond donors (Lipinski definition) is 0. The fourth-order valence-electron chi connectivity index (χ4n) is 4.86. The summed E-state index contributed by atoms with van der Waals surface area (Å²) in [5.41, 5.74) is 2.55. The lowest BCUT2D eigenvalue weighted by atomic mass is 9.88. The normalized spacial score (nSPS) is 31.9. The summed E-state index contributed by atoms with van der Waals surface area (Å²) in [6.45, 7) is 2.85. The number of ether oxygens (including phenoxy) is 2. The molecule has 142 valence electrons. The minimum atomic E-state index is -0.601. The molecule has 3 heterocycles. The Hall–Kier alpha value is -0.750. The Bertz CT molecular complexity index is 647. The van der Waals surface area contributed by atoms with Crippen molar-refractivity contribution >= 4 is 11.2 Å². The largest absolute Gasteiger partial charge is 0.616 e. The maximum atomic E-state index is 11.6. The van der Waals surface area contributed by atoms with E-state index in [1.165, 1.54) is 30.4 Å². The van der Waals surface area contributed by atoms with E-state index in [1.54, 1.807) is 0 Å². The van der Waals surface area contributed by atoms with E-state index < -0.39 is 17.0 Å². The summed E-state index contributed by atoms with van der Waals surface area (Å²) < 4.78 is 24.3. The molecule has 3 fully saturated rings. The highest BCUT2D eigenvalue weighted by atomic mass is 32.2. The summed E-state index contributed by atoms with van der Waals surface area (Å²) in [7, 11) is 0. The monoisotopic (exact) mass is 375 g/mol. The SMILES string of the molecule is [O-][S+]1CCC(c2ccc3c(c2)COC2(CCN(C4CCC4)CC2)O3)CC1. The van der Waals surface area contributed by atoms with Crippen molar-refractivity contribution in [2.45, 2.75) is 69.3 Å². The Morgan fingerprint density at radius 1 is 1.08 bits per heavy atom. The van der Waals surface area contributed by atoms with Crippen LogP contribution >= 0.6 is 0 Å². The number of fused-ring (bicyclic) bond motifs is 1. The molecule has 0 N–H and O–H groups in total. The van der Waals surface area contributed by atoms with Gasteiger partial charge < -0.3 is 14.0 Å². The molecule has 4 aliphatic rings. The van der Waals surface area contributed by atoms with Crippen LogP contribution in [0.4, 0.5) is 0 Å². The van der Waals surface area contributed by atoms with E-state index in [4.69, 9.17) is 9.47 Å². The van der Waals surface area contributed by atoms with E-state index in [0.717, 1.165) is 62.1 Å². The highest BCUT2D eigenvalue weighted by Crippen LogP contribution is 2.41. The molecule has 1 aliphatic carbocycles. The van der Waals surface area contributed by atoms with E-state index in [2.05, 4.69) is 23.1 Å². The topological polar surface area (TPSA) is 44.8 Å². The standard InChI is InChI=1S/C21H29NO3S/c23-26-12-6-16(7-13-26)17-4-5-20-18(14-17)15-24-21(25-20)8-10-22(11-9-21)19-2-1-3-19/h4-5,14,16,19H,1-3,6-13,15H2. The summed E-state index contributed by atoms with van der Waals surface area (Å²) in [5, 5.41) is 0. The van der Waals surface area contributed by atoms with Crippen molar-refractivity contribution in [3.05, 3.63) is 29.3 Å². The first-order chi connectivity index (χ1) is 12.7. The van der Waals surface area contributed by atoms with Crippen LogP contribution in [0.1, 0.15) is 62.0 Å². The van der Waals surface area contributed by atoms with E-state index in [-0.39, 0.29) is 0 Å². The second-order valence-corrected chi connectivity index (χ2v) is 10.1. The second kappa shape index (κ2) is 7.01. The molecule has 5 heteroatoms. The van der Waals surface area contributed by atoms with E-state index in [1.807, 2.05) is 0 Å². The second-order valence-electron chi connectivity index (χ2n) is 8.41. The van der Waals surface area contributed by atoms with Crippen molar-refractivity contribution in [1.82, 2.24) is 4.90 Å². The lowest BCUT2D eigenvalue weighted by Crippen LogP contribution is -2.54. The van der Waals surface area contributed by atoms with Crippen LogP contribution in [0.5, 0.6) is 5.75 Å². The summed E-state index contributed by atoms with van der Waals surface area (Å²) in [6.07, 6.45) is 8.15. The molecule has 0 bridgehead atoms. The van der Waals surface area contributed by atoms with Crippen LogP contribution in [-0.4, -0.2) is 45.9 Å². The van der Waals surface area contributed by atoms with Gasteiger partial charge in [-0.05, 0) is 49.3 Å². The van der Waals surface area contributed by atoms with Crippen LogP contribution in [0.25, 0.3) is 0 Å². The number of likely N-dealkylation sites (tertiary alicyclic amines) is 1. The summed E-state index contributed by atoms with van der Waals surface area (Å²) in [5.74, 6) is 2.83. The zero-order chi connectivity index (χ0) is 17.6. The molecule has 1 aromatic rings. The van der Waals surface area contributed by atoms with Crippen LogP contribution in [0.15, 0.2) is 18.2 Å². The predicted octanol–water partition coefficient (Wildman–Crippen LogP) is 3.57. The smallest absolute Gasteiger partial charge is 0.213 e. The fourth-order valence-corrected chi connectivity index (χ4v) is 6.16. The number of piperidine rings is 1. The van der Waals surface area contributed by atoms with Gasteiger partial charge in [0.1, 0.15) is 17.3 Å². The molecule has 1 saturated carbocycles. The van der Waals surface area contributed by atoms with Gasteiger partial charge in [-0.1, -0.05) is 23.7 Å². The predicted molar refractivity (Wildman–Crippen MR) is 103 cm³/mol. The molecule has 0 radical (unpaired) electrons. The zero-order valence-electron chi connectivity index (χ0n) is 15.5. The third-order valence-electron chi connectivity index (χ3n) is 6.88. The average molecular weight is 376 g/mol. The van der Waals surface area contributed by atoms with Gasteiger partial charge in [0.05, 0.1) is 6.61 Å². The van der Waals surface area contributed by atoms with E-state index in [0.29, 0.717) is 12.5 Å². The number of benzene rings is 1. The lowest BCUT2D eigenvalue weighted by Gasteiger charge is -2.47. The number of rotatable bonds is 2. The molecule has 2 saturated heterocycles. The van der Waals surface area contributed by atoms with Crippen LogP contribution in [0.2, 0.25) is 0 Å². The van der Waals surface area contributed by atoms with Crippen molar-refractivity contribution in [2.75, 3.05) is 24.6 Å². The highest BCUT2D eigenvalue weighted by molar-refractivity contribution is 7.91. The molecule has 3 aliphatic heterocycles. The van der Waals surface area contributed by atoms with E-state index in [9.17, 15) is 4.55 Å². The minimum Gasteiger partial charge on any atom is -0.616 e. The Labute approximate surface area is 159 Å². The van der Waals surface area contributed by atoms with Gasteiger partial charge in [0.25, 0.3) is 0 Å². The quantitative estimate of drug-likeness (QED) is 0.742. The third kappa shape index (κ3) is 3.28. The molecule has 0 atom stereocenters. The van der Waals surface area contributed by atoms with Gasteiger partial charge >= 0.3 is 0 Å². The number of nitrogens with zero attached hydrogens (tertiary/aromatic N) is 1. The van der Waals surface area contributed by atoms with E-state index >= 15 is 0 Å². The van der Waals surface area contributed by atoms with Crippen molar-refractivity contribution in [3.8, 4) is 5.75 Å². The van der Waals surface area contributed by atoms with Crippen LogP contribution in [0.3, 0.4) is 0 Å². The summed E-state index contributed by atoms with van der Waals surface area (Å²) in [4.78, 5) is 2.63. The van der Waals surface area contributed by atoms with Crippen molar-refractivity contribution in [3.63, 3.8) is 0 Å². The molecular formula is C21H29NO3S. The molecule has 4 nitrogen and oxygen atoms in total. The average Bonchev–Trinajstić information content (AvgIpc) is 2.63. The van der Waals surface area contributed by atoms with Gasteiger partial charge in [0, 0.05) is 37.5 Å². The fraction of sp³-hybridized carbons (Fsp3) is 0.714. The molecule has 0 amide bonds. The highest BCUT2D eigenvalue weighted by Gasteiger charge is 2.42. The lowest BCUT2D eigenvalue weighted by molar-refractivity contribution is -0.231. The summed E-state index contributed by atoms with van der Waals surface area (Å²) >= 11 is -0.601. The van der Waals surface area contributed by atoms with Gasteiger partial charge in [0.15, 0.2) is 0 Å². The maximum absolute atomic E-state index is 11.6. The molecule has 0 aromatic heterocycles. The molecule has 0 unspecified atom stereocenters. The Morgan fingerprint density at radius 3 is 2.54 bits per heavy atom. The van der Waals surface area contributed by atoms with Crippen LogP contribution in [-0.2, 0) is 22.5 Å². The zero-order valence-corrected chi connectivity index (χ0v) is 16.3. The van der Waals surface area contributed by atoms with Crippen LogP contribution < -0.4 is 4.74 Å². The Balaban J connectivity index is 1.25. The van der Waals surface area contributed by atoms with Gasteiger partial charge in [-0.3, -0.25) is 4.90 Å². The van der Waals surface area contributed by atoms with Crippen molar-refractivity contribution in [2.24, 2.45) is 0 Å². The minimum absolute atomic E-state index is 0.406. The molecular weight excluding hydrogens is 346 g/mol. The molecule has 1 aromatic carbocycles. The van der Waals surface area contributed by atoms with Crippen LogP contribution in [0, 0.1) is 0 Å². The first-order valence-corrected chi connectivity index (χ1v) is 11.7.